The number of thiophene rings is 1. The molecular weight excluding hydrogens is 326 g/mol. The van der Waals surface area contributed by atoms with Crippen molar-refractivity contribution in [1.82, 2.24) is 0 Å². The highest BCUT2D eigenvalue weighted by atomic mass is 127. The van der Waals surface area contributed by atoms with Gasteiger partial charge in [0.05, 0.1) is 26.3 Å². The van der Waals surface area contributed by atoms with E-state index < -0.39 is 7.26 Å². The van der Waals surface area contributed by atoms with Crippen molar-refractivity contribution in [2.24, 2.45) is 0 Å². The van der Waals surface area contributed by atoms with Gasteiger partial charge in [-0.1, -0.05) is 6.07 Å². The van der Waals surface area contributed by atoms with Crippen LogP contribution in [0.4, 0.5) is 0 Å². The van der Waals surface area contributed by atoms with Crippen molar-refractivity contribution in [3.63, 3.8) is 0 Å². The zero-order valence-corrected chi connectivity index (χ0v) is 12.7. The highest BCUT2D eigenvalue weighted by Crippen LogP contribution is 2.57. The summed E-state index contributed by atoms with van der Waals surface area (Å²) >= 11 is 1.57. The Labute approximate surface area is 108 Å². The van der Waals surface area contributed by atoms with Crippen molar-refractivity contribution in [2.75, 3.05) is 19.0 Å². The highest BCUT2D eigenvalue weighted by Gasteiger charge is 2.38. The molecule has 1 nitrogen and oxygen atoms in total. The van der Waals surface area contributed by atoms with Crippen molar-refractivity contribution < 1.29 is 28.8 Å². The van der Waals surface area contributed by atoms with Crippen LogP contribution in [0.2, 0.25) is 0 Å². The molecule has 80 valence electrons. The van der Waals surface area contributed by atoms with Crippen molar-refractivity contribution in [1.29, 1.82) is 0 Å². The fraction of sp³-hybridized carbons (Fsp3) is 0.500. The summed E-state index contributed by atoms with van der Waals surface area (Å²) in [5.41, 5.74) is 0.410. The van der Waals surface area contributed by atoms with Gasteiger partial charge in [-0.3, -0.25) is 0 Å². The smallest absolute Gasteiger partial charge is 0.307 e. The van der Waals surface area contributed by atoms with Gasteiger partial charge in [-0.2, -0.15) is 0 Å². The van der Waals surface area contributed by atoms with Gasteiger partial charge >= 0.3 is 5.52 Å². The molecule has 4 heteroatoms. The molecule has 0 saturated heterocycles. The summed E-state index contributed by atoms with van der Waals surface area (Å²) in [6.07, 6.45) is 2.06. The molecule has 1 aromatic rings. The van der Waals surface area contributed by atoms with E-state index in [1.165, 1.54) is 0 Å². The third-order valence-electron chi connectivity index (χ3n) is 2.62. The summed E-state index contributed by atoms with van der Waals surface area (Å²) in [6, 6.07) is 3.89. The maximum atomic E-state index is 12.0. The lowest BCUT2D eigenvalue weighted by atomic mass is 10.5. The van der Waals surface area contributed by atoms with Gasteiger partial charge in [-0.05, 0) is 25.3 Å². The molecule has 0 fully saturated rings. The molecule has 0 aliphatic carbocycles. The first kappa shape index (κ1) is 14.5. The molecule has 0 aromatic carbocycles. The third kappa shape index (κ3) is 3.01. The summed E-state index contributed by atoms with van der Waals surface area (Å²) < 4.78 is 0. The Morgan fingerprint density at radius 3 is 2.36 bits per heavy atom. The van der Waals surface area contributed by atoms with Gasteiger partial charge in [0.25, 0.3) is 0 Å². The van der Waals surface area contributed by atoms with E-state index in [0.29, 0.717) is 5.52 Å². The molecule has 0 spiro atoms. The second-order valence-electron chi connectivity index (χ2n) is 3.31. The molecule has 0 saturated carbocycles. The average molecular weight is 342 g/mol. The predicted octanol–water partition coefficient (Wildman–Crippen LogP) is 0.579. The van der Waals surface area contributed by atoms with Crippen LogP contribution in [0.1, 0.15) is 23.5 Å². The van der Waals surface area contributed by atoms with E-state index in [2.05, 4.69) is 20.5 Å². The maximum absolute atomic E-state index is 12.0. The van der Waals surface area contributed by atoms with E-state index in [4.69, 9.17) is 0 Å². The van der Waals surface area contributed by atoms with Crippen LogP contribution in [0.3, 0.4) is 0 Å². The molecule has 0 amide bonds. The lowest BCUT2D eigenvalue weighted by molar-refractivity contribution is -0.00000949. The van der Waals surface area contributed by atoms with Gasteiger partial charge in [-0.25, -0.2) is 4.79 Å². The SMILES string of the molecule is CC[P+](C)(CC)C(=O)c1cccs1.[I-]. The fourth-order valence-electron chi connectivity index (χ4n) is 1.18. The molecule has 0 radical (unpaired) electrons. The van der Waals surface area contributed by atoms with Gasteiger partial charge in [0.2, 0.25) is 0 Å². The van der Waals surface area contributed by atoms with E-state index in [1.807, 2.05) is 17.5 Å². The van der Waals surface area contributed by atoms with E-state index in [-0.39, 0.29) is 24.0 Å². The number of rotatable bonds is 4. The molecule has 0 N–H and O–H groups in total. The number of hydrogen-bond acceptors (Lipinski definition) is 2. The molecule has 1 aromatic heterocycles. The molecule has 0 aliphatic rings. The minimum absolute atomic E-state index is 0. The number of carbonyl (C=O) groups excluding carboxylic acids is 1. The van der Waals surface area contributed by atoms with Crippen LogP contribution in [0.15, 0.2) is 17.5 Å². The lowest BCUT2D eigenvalue weighted by Crippen LogP contribution is -3.00. The van der Waals surface area contributed by atoms with Crippen molar-refractivity contribution in [3.8, 4) is 0 Å². The van der Waals surface area contributed by atoms with E-state index in [1.54, 1.807) is 11.3 Å². The van der Waals surface area contributed by atoms with Crippen molar-refractivity contribution >= 4 is 24.1 Å². The Morgan fingerprint density at radius 2 is 2.00 bits per heavy atom. The van der Waals surface area contributed by atoms with E-state index in [0.717, 1.165) is 17.2 Å². The van der Waals surface area contributed by atoms with Crippen molar-refractivity contribution in [3.05, 3.63) is 22.4 Å². The van der Waals surface area contributed by atoms with Gasteiger partial charge < -0.3 is 24.0 Å². The monoisotopic (exact) mass is 342 g/mol. The lowest BCUT2D eigenvalue weighted by Gasteiger charge is -2.15. The zero-order chi connectivity index (χ0) is 9.90. The van der Waals surface area contributed by atoms with Gasteiger partial charge in [0.15, 0.2) is 0 Å². The fourth-order valence-corrected chi connectivity index (χ4v) is 4.19. The molecule has 1 heterocycles. The normalized spacial score (nSPS) is 10.8. The van der Waals surface area contributed by atoms with Crippen LogP contribution in [0, 0.1) is 0 Å². The van der Waals surface area contributed by atoms with Gasteiger partial charge in [-0.15, -0.1) is 11.3 Å². The van der Waals surface area contributed by atoms with E-state index >= 15 is 0 Å². The average Bonchev–Trinajstić information content (AvgIpc) is 2.68. The first-order valence-corrected chi connectivity index (χ1v) is 8.05. The van der Waals surface area contributed by atoms with Crippen LogP contribution in [0.25, 0.3) is 0 Å². The standard InChI is InChI=1S/C10H16OPS.HI/c1-4-12(3,5-2)10(11)9-7-6-8-13-9;/h6-8H,4-5H2,1-3H3;1H/q+1;/p-1. The first-order chi connectivity index (χ1) is 6.14. The van der Waals surface area contributed by atoms with Gasteiger partial charge in [0, 0.05) is 0 Å². The predicted molar refractivity (Wildman–Crippen MR) is 62.6 cm³/mol. The Hall–Kier alpha value is 0.530. The third-order valence-corrected chi connectivity index (χ3v) is 7.65. The summed E-state index contributed by atoms with van der Waals surface area (Å²) in [5.74, 6) is 0. The largest absolute Gasteiger partial charge is 1.00 e. The molecular formula is C10H16IOPS. The Bertz CT molecular complexity index is 280. The maximum Gasteiger partial charge on any atom is 0.307 e. The minimum Gasteiger partial charge on any atom is -1.00 e. The minimum atomic E-state index is -1.34. The van der Waals surface area contributed by atoms with Crippen LogP contribution < -0.4 is 24.0 Å². The number of carbonyl (C=O) groups is 1. The molecule has 0 atom stereocenters. The summed E-state index contributed by atoms with van der Waals surface area (Å²) in [6.45, 7) is 6.42. The number of hydrogen-bond donors (Lipinski definition) is 0. The first-order valence-electron chi connectivity index (χ1n) is 4.57. The van der Waals surface area contributed by atoms with Gasteiger partial charge in [0.1, 0.15) is 4.88 Å². The van der Waals surface area contributed by atoms with Crippen LogP contribution in [0.5, 0.6) is 0 Å². The molecule has 0 bridgehead atoms. The topological polar surface area (TPSA) is 17.1 Å². The number of halogens is 1. The van der Waals surface area contributed by atoms with Crippen molar-refractivity contribution in [2.45, 2.75) is 13.8 Å². The quantitative estimate of drug-likeness (QED) is 0.578. The Balaban J connectivity index is 0.00000169. The Morgan fingerprint density at radius 1 is 1.43 bits per heavy atom. The summed E-state index contributed by atoms with van der Waals surface area (Å²) in [4.78, 5) is 13.0. The molecule has 1 rings (SSSR count). The molecule has 14 heavy (non-hydrogen) atoms. The second-order valence-corrected chi connectivity index (χ2v) is 8.72. The Kier molecular flexibility index (Phi) is 6.42. The second kappa shape index (κ2) is 6.19. The molecule has 0 aliphatic heterocycles. The molecule has 0 unspecified atom stereocenters. The van der Waals surface area contributed by atoms with Crippen LogP contribution in [-0.4, -0.2) is 24.5 Å². The zero-order valence-electron chi connectivity index (χ0n) is 8.79. The highest BCUT2D eigenvalue weighted by molar-refractivity contribution is 7.91. The van der Waals surface area contributed by atoms with Crippen LogP contribution >= 0.6 is 18.6 Å². The van der Waals surface area contributed by atoms with Crippen LogP contribution in [-0.2, 0) is 0 Å². The van der Waals surface area contributed by atoms with E-state index in [9.17, 15) is 4.79 Å². The summed E-state index contributed by atoms with van der Waals surface area (Å²) in [5, 5.41) is 1.98. The summed E-state index contributed by atoms with van der Waals surface area (Å²) in [7, 11) is -1.34.